The van der Waals surface area contributed by atoms with E-state index >= 15 is 0 Å². The highest BCUT2D eigenvalue weighted by atomic mass is 16.2. The molecule has 0 aliphatic rings. The lowest BCUT2D eigenvalue weighted by molar-refractivity contribution is -0.127. The van der Waals surface area contributed by atoms with E-state index in [0.29, 0.717) is 13.1 Å². The summed E-state index contributed by atoms with van der Waals surface area (Å²) in [7, 11) is 0. The van der Waals surface area contributed by atoms with Crippen LogP contribution in [0.1, 0.15) is 81.1 Å². The minimum absolute atomic E-state index is 0.174. The van der Waals surface area contributed by atoms with Gasteiger partial charge in [0.15, 0.2) is 16.6 Å². The largest absolute Gasteiger partial charge is 0.356 e. The van der Waals surface area contributed by atoms with E-state index in [1.807, 2.05) is 6.07 Å². The quantitative estimate of drug-likeness (QED) is 0.320. The average Bonchev–Trinajstić information content (AvgIpc) is 2.71. The van der Waals surface area contributed by atoms with Crippen molar-refractivity contribution in [3.05, 3.63) is 0 Å². The van der Waals surface area contributed by atoms with Crippen molar-refractivity contribution in [3.8, 4) is 6.07 Å². The lowest BCUT2D eigenvalue weighted by Crippen LogP contribution is -2.43. The van der Waals surface area contributed by atoms with Crippen molar-refractivity contribution in [2.45, 2.75) is 97.7 Å². The van der Waals surface area contributed by atoms with Gasteiger partial charge in [-0.1, -0.05) is 31.8 Å². The lowest BCUT2D eigenvalue weighted by Gasteiger charge is -2.22. The Morgan fingerprint density at radius 3 is 1.47 bits per heavy atom. The highest BCUT2D eigenvalue weighted by molar-refractivity contribution is 5.86. The number of nitrogens with zero attached hydrogens (tertiary/aromatic N) is 5. The molecule has 0 rings (SSSR count). The van der Waals surface area contributed by atoms with E-state index in [1.165, 1.54) is 13.8 Å². The van der Waals surface area contributed by atoms with E-state index in [0.717, 1.165) is 25.7 Å². The van der Waals surface area contributed by atoms with Gasteiger partial charge in [0.25, 0.3) is 0 Å². The van der Waals surface area contributed by atoms with Gasteiger partial charge in [-0.3, -0.25) is 9.59 Å². The number of primary amides is 1. The van der Waals surface area contributed by atoms with Crippen LogP contribution in [0.15, 0.2) is 20.5 Å². The summed E-state index contributed by atoms with van der Waals surface area (Å²) in [6.45, 7) is 15.2. The number of amides is 4. The van der Waals surface area contributed by atoms with Crippen molar-refractivity contribution in [2.75, 3.05) is 13.1 Å². The summed E-state index contributed by atoms with van der Waals surface area (Å²) in [6, 6.07) is 0.943. The van der Waals surface area contributed by atoms with E-state index in [9.17, 15) is 14.4 Å². The molecule has 4 amide bonds. The summed E-state index contributed by atoms with van der Waals surface area (Å²) >= 11 is 0. The Balaban J connectivity index is 0. The first-order valence-corrected chi connectivity index (χ1v) is 10.8. The van der Waals surface area contributed by atoms with Gasteiger partial charge < -0.3 is 16.4 Å². The molecule has 182 valence electrons. The number of nitrogens with one attached hydrogen (secondary N) is 2. The number of carbonyl (C=O) groups excluding carboxylic acids is 3. The summed E-state index contributed by atoms with van der Waals surface area (Å²) in [4.78, 5) is 34.2. The maximum Gasteiger partial charge on any atom is 0.356 e. The normalized spacial score (nSPS) is 12.1. The lowest BCUT2D eigenvalue weighted by atomic mass is 10.0. The van der Waals surface area contributed by atoms with Gasteiger partial charge in [-0.15, -0.1) is 0 Å². The summed E-state index contributed by atoms with van der Waals surface area (Å²) in [6.07, 6.45) is 3.91. The molecule has 0 saturated carbocycles. The van der Waals surface area contributed by atoms with E-state index < -0.39 is 22.6 Å². The Labute approximate surface area is 191 Å². The third kappa shape index (κ3) is 15.0. The number of rotatable bonds is 11. The monoisotopic (exact) mass is 452 g/mol. The maximum absolute atomic E-state index is 12.1. The van der Waals surface area contributed by atoms with E-state index in [1.54, 1.807) is 27.7 Å². The molecule has 0 atom stereocenters. The van der Waals surface area contributed by atoms with Crippen molar-refractivity contribution in [3.63, 3.8) is 0 Å². The first kappa shape index (κ1) is 31.3. The Morgan fingerprint density at radius 2 is 1.19 bits per heavy atom. The number of hydrogen-bond donors (Lipinski definition) is 3. The molecule has 0 aliphatic heterocycles. The molecule has 0 aliphatic carbocycles. The molecule has 0 aromatic carbocycles. The van der Waals surface area contributed by atoms with Crippen LogP contribution < -0.4 is 16.4 Å². The number of nitrogens with two attached hydrogens (primary N) is 1. The third-order valence-electron chi connectivity index (χ3n) is 3.97. The molecule has 0 bridgehead atoms. The highest BCUT2D eigenvalue weighted by Gasteiger charge is 2.31. The van der Waals surface area contributed by atoms with Crippen molar-refractivity contribution in [1.29, 1.82) is 5.26 Å². The molecule has 0 spiro atoms. The van der Waals surface area contributed by atoms with Crippen LogP contribution in [0, 0.1) is 11.3 Å². The molecule has 0 fully saturated rings. The van der Waals surface area contributed by atoms with Crippen molar-refractivity contribution >= 4 is 17.8 Å². The van der Waals surface area contributed by atoms with Gasteiger partial charge in [0, 0.05) is 13.1 Å². The zero-order valence-electron chi connectivity index (χ0n) is 20.8. The molecule has 11 heteroatoms. The van der Waals surface area contributed by atoms with Crippen LogP contribution in [0.5, 0.6) is 0 Å². The second-order valence-electron chi connectivity index (χ2n) is 8.75. The Hall–Kier alpha value is -2.90. The van der Waals surface area contributed by atoms with Crippen LogP contribution in [-0.2, 0) is 9.59 Å². The molecule has 0 aromatic heterocycles. The van der Waals surface area contributed by atoms with Crippen LogP contribution in [0.25, 0.3) is 0 Å². The van der Waals surface area contributed by atoms with E-state index in [2.05, 4.69) is 50.7 Å². The minimum atomic E-state index is -0.977. The summed E-state index contributed by atoms with van der Waals surface area (Å²) in [5.41, 5.74) is 1.73. The standard InChI is InChI=1S/C16H32N4O2.C5H8N4O/c1-7-9-11-17-13(21)15(3,4)19-20-16(5,6)14(22)18-12-10-8-2;1-5(2,3-6)9-8-4(7)10/h7-12H2,1-6H3,(H,17,21)(H,18,22);1-2H3,(H2,7,10)/b20-19+;9-8+. The number of carbonyl (C=O) groups is 3. The smallest absolute Gasteiger partial charge is 0.354 e. The van der Waals surface area contributed by atoms with Gasteiger partial charge in [-0.05, 0) is 54.4 Å². The van der Waals surface area contributed by atoms with Crippen LogP contribution in [0.4, 0.5) is 4.79 Å². The second-order valence-corrected chi connectivity index (χ2v) is 8.75. The first-order valence-electron chi connectivity index (χ1n) is 10.8. The van der Waals surface area contributed by atoms with Crippen LogP contribution in [0.2, 0.25) is 0 Å². The van der Waals surface area contributed by atoms with Crippen molar-refractivity contribution in [2.24, 2.45) is 26.2 Å². The topological polar surface area (TPSA) is 175 Å². The Morgan fingerprint density at radius 1 is 0.812 bits per heavy atom. The van der Waals surface area contributed by atoms with Crippen LogP contribution in [-0.4, -0.2) is 47.6 Å². The van der Waals surface area contributed by atoms with E-state index in [-0.39, 0.29) is 11.8 Å². The fourth-order valence-corrected chi connectivity index (χ4v) is 1.73. The summed E-state index contributed by atoms with van der Waals surface area (Å²) in [5, 5.41) is 28.6. The number of azo groups is 2. The SMILES string of the molecule is CC(C)(C#N)/N=N/C(N)=O.CCCCNC(=O)C(C)(C)/N=N/C(C)(C)C(=O)NCCCC. The zero-order chi connectivity index (χ0) is 25.4. The molecule has 0 radical (unpaired) electrons. The minimum Gasteiger partial charge on any atom is -0.354 e. The van der Waals surface area contributed by atoms with Gasteiger partial charge in [0.1, 0.15) is 0 Å². The van der Waals surface area contributed by atoms with E-state index in [4.69, 9.17) is 5.26 Å². The summed E-state index contributed by atoms with van der Waals surface area (Å²) in [5.74, 6) is -0.348. The fourth-order valence-electron chi connectivity index (χ4n) is 1.73. The predicted octanol–water partition coefficient (Wildman–Crippen LogP) is 3.65. The van der Waals surface area contributed by atoms with Gasteiger partial charge in [0.2, 0.25) is 11.8 Å². The van der Waals surface area contributed by atoms with Gasteiger partial charge >= 0.3 is 6.03 Å². The molecular formula is C21H40N8O3. The number of nitriles is 1. The van der Waals surface area contributed by atoms with Gasteiger partial charge in [0.05, 0.1) is 6.07 Å². The molecule has 32 heavy (non-hydrogen) atoms. The number of hydrogen-bond acceptors (Lipinski definition) is 7. The summed E-state index contributed by atoms with van der Waals surface area (Å²) < 4.78 is 0. The van der Waals surface area contributed by atoms with Gasteiger partial charge in [-0.25, -0.2) is 4.79 Å². The molecule has 11 nitrogen and oxygen atoms in total. The molecule has 0 saturated heterocycles. The molecule has 0 heterocycles. The Kier molecular flexibility index (Phi) is 14.7. The first-order chi connectivity index (χ1) is 14.6. The molecule has 0 aromatic rings. The fraction of sp³-hybridized carbons (Fsp3) is 0.810. The molecular weight excluding hydrogens is 412 g/mol. The molecule has 4 N–H and O–H groups in total. The highest BCUT2D eigenvalue weighted by Crippen LogP contribution is 2.16. The number of unbranched alkanes of at least 4 members (excludes halogenated alkanes) is 2. The van der Waals surface area contributed by atoms with Gasteiger partial charge in [-0.2, -0.15) is 20.6 Å². The molecule has 0 unspecified atom stereocenters. The predicted molar refractivity (Wildman–Crippen MR) is 123 cm³/mol. The maximum atomic E-state index is 12.1. The van der Waals surface area contributed by atoms with Crippen LogP contribution in [0.3, 0.4) is 0 Å². The van der Waals surface area contributed by atoms with Crippen molar-refractivity contribution in [1.82, 2.24) is 10.6 Å². The zero-order valence-corrected chi connectivity index (χ0v) is 20.8. The average molecular weight is 453 g/mol. The Bertz CT molecular complexity index is 670. The number of urea groups is 1. The third-order valence-corrected chi connectivity index (χ3v) is 3.97. The van der Waals surface area contributed by atoms with Crippen molar-refractivity contribution < 1.29 is 14.4 Å². The second kappa shape index (κ2) is 15.0. The van der Waals surface area contributed by atoms with Crippen LogP contribution >= 0.6 is 0 Å².